The van der Waals surface area contributed by atoms with E-state index in [2.05, 4.69) is 13.7 Å². The van der Waals surface area contributed by atoms with Gasteiger partial charge in [0.25, 0.3) is 5.56 Å². The first-order chi connectivity index (χ1) is 15.8. The Morgan fingerprint density at radius 2 is 2.06 bits per heavy atom. The molecule has 0 aliphatic carbocycles. The fraction of sp³-hybridized carbons (Fsp3) is 0.348. The van der Waals surface area contributed by atoms with Gasteiger partial charge in [0.2, 0.25) is 10.0 Å². The first-order valence-electron chi connectivity index (χ1n) is 10.8. The molecule has 0 amide bonds. The Hall–Kier alpha value is -2.66. The lowest BCUT2D eigenvalue weighted by Crippen LogP contribution is -2.38. The summed E-state index contributed by atoms with van der Waals surface area (Å²) in [7, 11) is -3.97. The zero-order valence-corrected chi connectivity index (χ0v) is 20.0. The minimum atomic E-state index is -3.97. The van der Waals surface area contributed by atoms with Gasteiger partial charge in [0, 0.05) is 36.2 Å². The summed E-state index contributed by atoms with van der Waals surface area (Å²) in [6.07, 6.45) is 1.46. The molecule has 0 radical (unpaired) electrons. The Kier molecular flexibility index (Phi) is 5.77. The zero-order valence-electron chi connectivity index (χ0n) is 18.4. The molecular weight excluding hydrogens is 460 g/mol. The van der Waals surface area contributed by atoms with Crippen LogP contribution in [-0.2, 0) is 21.3 Å². The van der Waals surface area contributed by atoms with Crippen LogP contribution < -0.4 is 5.56 Å². The van der Waals surface area contributed by atoms with Crippen LogP contribution in [0.15, 0.2) is 46.1 Å². The second-order valence-electron chi connectivity index (χ2n) is 8.49. The SMILES string of the molecule is Cc1cc(C)c2cc(CN(C[C@H]3CCCO3)S(=O)(=O)c3cccc4nsnc34)c(=O)[nH]c2c1. The first kappa shape index (κ1) is 22.1. The molecular formula is C23H24N4O4S2. The quantitative estimate of drug-likeness (QED) is 0.449. The van der Waals surface area contributed by atoms with Crippen molar-refractivity contribution in [3.63, 3.8) is 0 Å². The summed E-state index contributed by atoms with van der Waals surface area (Å²) < 4.78 is 43.1. The van der Waals surface area contributed by atoms with Gasteiger partial charge in [0.15, 0.2) is 0 Å². The highest BCUT2D eigenvalue weighted by molar-refractivity contribution is 7.89. The third kappa shape index (κ3) is 4.19. The molecule has 1 N–H and O–H groups in total. The highest BCUT2D eigenvalue weighted by atomic mass is 32.2. The van der Waals surface area contributed by atoms with E-state index in [9.17, 15) is 13.2 Å². The van der Waals surface area contributed by atoms with Crippen LogP contribution in [-0.4, -0.2) is 45.7 Å². The van der Waals surface area contributed by atoms with Crippen molar-refractivity contribution in [1.82, 2.24) is 18.0 Å². The Morgan fingerprint density at radius 3 is 2.85 bits per heavy atom. The van der Waals surface area contributed by atoms with Gasteiger partial charge in [0.05, 0.1) is 17.8 Å². The van der Waals surface area contributed by atoms with Gasteiger partial charge in [-0.2, -0.15) is 13.1 Å². The number of benzene rings is 2. The lowest BCUT2D eigenvalue weighted by molar-refractivity contribution is 0.0925. The molecule has 5 rings (SSSR count). The van der Waals surface area contributed by atoms with Crippen molar-refractivity contribution in [1.29, 1.82) is 0 Å². The fourth-order valence-corrected chi connectivity index (χ4v) is 6.62. The molecule has 3 heterocycles. The monoisotopic (exact) mass is 484 g/mol. The van der Waals surface area contributed by atoms with Crippen LogP contribution in [0.5, 0.6) is 0 Å². The van der Waals surface area contributed by atoms with E-state index in [0.717, 1.165) is 46.6 Å². The number of hydrogen-bond acceptors (Lipinski definition) is 7. The molecule has 1 aliphatic heterocycles. The Morgan fingerprint density at radius 1 is 1.21 bits per heavy atom. The average molecular weight is 485 g/mol. The van der Waals surface area contributed by atoms with Crippen LogP contribution in [0, 0.1) is 13.8 Å². The van der Waals surface area contributed by atoms with Crippen molar-refractivity contribution in [2.45, 2.75) is 44.2 Å². The topological polar surface area (TPSA) is 105 Å². The smallest absolute Gasteiger partial charge is 0.252 e. The Balaban J connectivity index is 1.59. The summed E-state index contributed by atoms with van der Waals surface area (Å²) in [5.74, 6) is 0. The van der Waals surface area contributed by atoms with E-state index in [0.29, 0.717) is 23.2 Å². The molecule has 1 fully saturated rings. The molecule has 0 saturated carbocycles. The van der Waals surface area contributed by atoms with Gasteiger partial charge in [-0.05, 0) is 62.1 Å². The van der Waals surface area contributed by atoms with Crippen molar-refractivity contribution in [2.24, 2.45) is 0 Å². The molecule has 0 bridgehead atoms. The molecule has 8 nitrogen and oxygen atoms in total. The van der Waals surface area contributed by atoms with Crippen LogP contribution in [0.3, 0.4) is 0 Å². The lowest BCUT2D eigenvalue weighted by atomic mass is 10.0. The summed E-state index contributed by atoms with van der Waals surface area (Å²) in [5.41, 5.74) is 3.79. The van der Waals surface area contributed by atoms with E-state index in [-0.39, 0.29) is 29.6 Å². The number of nitrogens with zero attached hydrogens (tertiary/aromatic N) is 3. The molecule has 2 aromatic heterocycles. The number of aromatic amines is 1. The van der Waals surface area contributed by atoms with Gasteiger partial charge in [-0.1, -0.05) is 12.1 Å². The molecule has 10 heteroatoms. The molecule has 1 atom stereocenters. The number of hydrogen-bond donors (Lipinski definition) is 1. The molecule has 2 aromatic carbocycles. The van der Waals surface area contributed by atoms with Crippen molar-refractivity contribution >= 4 is 43.7 Å². The van der Waals surface area contributed by atoms with Gasteiger partial charge in [0.1, 0.15) is 15.9 Å². The van der Waals surface area contributed by atoms with Crippen LogP contribution in [0.2, 0.25) is 0 Å². The highest BCUT2D eigenvalue weighted by Gasteiger charge is 2.32. The minimum Gasteiger partial charge on any atom is -0.377 e. The maximum Gasteiger partial charge on any atom is 0.252 e. The lowest BCUT2D eigenvalue weighted by Gasteiger charge is -2.25. The largest absolute Gasteiger partial charge is 0.377 e. The molecule has 33 heavy (non-hydrogen) atoms. The van der Waals surface area contributed by atoms with E-state index in [4.69, 9.17) is 4.74 Å². The summed E-state index contributed by atoms with van der Waals surface area (Å²) in [4.78, 5) is 16.0. The highest BCUT2D eigenvalue weighted by Crippen LogP contribution is 2.27. The van der Waals surface area contributed by atoms with Gasteiger partial charge in [-0.15, -0.1) is 0 Å². The van der Waals surface area contributed by atoms with Gasteiger partial charge in [-0.3, -0.25) is 4.79 Å². The summed E-state index contributed by atoms with van der Waals surface area (Å²) in [6.45, 7) is 4.67. The maximum atomic E-state index is 13.8. The predicted octanol–water partition coefficient (Wildman–Crippen LogP) is 3.52. The molecule has 172 valence electrons. The predicted molar refractivity (Wildman–Crippen MR) is 128 cm³/mol. The van der Waals surface area contributed by atoms with E-state index in [1.807, 2.05) is 26.0 Å². The van der Waals surface area contributed by atoms with Gasteiger partial charge >= 0.3 is 0 Å². The fourth-order valence-electron chi connectivity index (χ4n) is 4.42. The average Bonchev–Trinajstić information content (AvgIpc) is 3.45. The number of nitrogens with one attached hydrogen (secondary N) is 1. The number of ether oxygens (including phenoxy) is 1. The second-order valence-corrected chi connectivity index (χ2v) is 10.9. The van der Waals surface area contributed by atoms with Gasteiger partial charge < -0.3 is 9.72 Å². The Bertz CT molecular complexity index is 1500. The summed E-state index contributed by atoms with van der Waals surface area (Å²) in [5, 5.41) is 0.899. The number of aromatic nitrogens is 3. The third-order valence-corrected chi connectivity index (χ3v) is 8.42. The number of rotatable bonds is 6. The number of H-pyrrole nitrogens is 1. The van der Waals surface area contributed by atoms with Gasteiger partial charge in [-0.25, -0.2) is 8.42 Å². The molecule has 0 unspecified atom stereocenters. The van der Waals surface area contributed by atoms with Crippen molar-refractivity contribution in [3.05, 3.63) is 63.4 Å². The third-order valence-electron chi connectivity index (χ3n) is 6.03. The summed E-state index contributed by atoms with van der Waals surface area (Å²) >= 11 is 0.976. The Labute approximate surface area is 195 Å². The number of fused-ring (bicyclic) bond motifs is 2. The van der Waals surface area contributed by atoms with Crippen LogP contribution >= 0.6 is 11.7 Å². The maximum absolute atomic E-state index is 13.8. The zero-order chi connectivity index (χ0) is 23.2. The molecule has 1 saturated heterocycles. The number of sulfonamides is 1. The van der Waals surface area contributed by atoms with E-state index in [1.165, 1.54) is 4.31 Å². The van der Waals surface area contributed by atoms with E-state index >= 15 is 0 Å². The van der Waals surface area contributed by atoms with E-state index in [1.54, 1.807) is 24.3 Å². The second kappa shape index (κ2) is 8.60. The van der Waals surface area contributed by atoms with Crippen molar-refractivity contribution in [2.75, 3.05) is 13.2 Å². The minimum absolute atomic E-state index is 0.0608. The normalized spacial score (nSPS) is 16.9. The number of pyridine rings is 1. The number of aryl methyl sites for hydroxylation is 2. The van der Waals surface area contributed by atoms with Crippen LogP contribution in [0.4, 0.5) is 0 Å². The molecule has 4 aromatic rings. The standard InChI is InChI=1S/C23H24N4O4S2/c1-14-9-15(2)18-11-16(23(28)24-20(18)10-14)12-27(13-17-5-4-8-31-17)33(29,30)21-7-3-6-19-22(21)26-32-25-19/h3,6-7,9-11,17H,4-5,8,12-13H2,1-2H3,(H,24,28)/t17-/m1/s1. The molecule has 1 aliphatic rings. The van der Waals surface area contributed by atoms with Crippen molar-refractivity contribution < 1.29 is 13.2 Å². The molecule has 0 spiro atoms. The summed E-state index contributed by atoms with van der Waals surface area (Å²) in [6, 6.07) is 10.7. The van der Waals surface area contributed by atoms with Crippen LogP contribution in [0.1, 0.15) is 29.5 Å². The van der Waals surface area contributed by atoms with Crippen molar-refractivity contribution in [3.8, 4) is 0 Å². The first-order valence-corrected chi connectivity index (χ1v) is 13.0. The van der Waals surface area contributed by atoms with E-state index < -0.39 is 10.0 Å². The van der Waals surface area contributed by atoms with Crippen LogP contribution in [0.25, 0.3) is 21.9 Å².